The Morgan fingerprint density at radius 1 is 0.897 bits per heavy atom. The van der Waals surface area contributed by atoms with E-state index in [1.54, 1.807) is 12.0 Å². The van der Waals surface area contributed by atoms with Crippen LogP contribution >= 0.6 is 0 Å². The topological polar surface area (TPSA) is 77.7 Å². The molecule has 3 amide bonds. The molecule has 0 bridgehead atoms. The quantitative estimate of drug-likeness (QED) is 0.225. The van der Waals surface area contributed by atoms with E-state index >= 15 is 0 Å². The summed E-state index contributed by atoms with van der Waals surface area (Å²) in [6, 6.07) is 23.7. The van der Waals surface area contributed by atoms with E-state index in [1.807, 2.05) is 85.6 Å². The van der Waals surface area contributed by atoms with Crippen molar-refractivity contribution < 1.29 is 14.3 Å². The Bertz CT molecular complexity index is 1380. The molecule has 2 N–H and O–H groups in total. The third-order valence-electron chi connectivity index (χ3n) is 7.04. The lowest BCUT2D eigenvalue weighted by atomic mass is 10.1. The van der Waals surface area contributed by atoms with Gasteiger partial charge in [0.25, 0.3) is 0 Å². The number of ether oxygens (including phenoxy) is 1. The van der Waals surface area contributed by atoms with Gasteiger partial charge in [0.05, 0.1) is 0 Å². The number of rotatable bonds is 12. The average molecular weight is 527 g/mol. The van der Waals surface area contributed by atoms with Gasteiger partial charge in [-0.05, 0) is 67.1 Å². The lowest BCUT2D eigenvalue weighted by Gasteiger charge is -2.28. The van der Waals surface area contributed by atoms with Gasteiger partial charge in [0.15, 0.2) is 0 Å². The van der Waals surface area contributed by atoms with Crippen molar-refractivity contribution in [2.75, 3.05) is 38.7 Å². The lowest BCUT2D eigenvalue weighted by molar-refractivity contribution is -0.132. The maximum Gasteiger partial charge on any atom is 0.322 e. The summed E-state index contributed by atoms with van der Waals surface area (Å²) in [6.07, 6.45) is 3.36. The maximum atomic E-state index is 13.7. The van der Waals surface area contributed by atoms with Crippen molar-refractivity contribution in [3.8, 4) is 0 Å². The predicted octanol–water partition coefficient (Wildman–Crippen LogP) is 5.93. The number of carbonyl (C=O) groups is 2. The van der Waals surface area contributed by atoms with Gasteiger partial charge < -0.3 is 24.8 Å². The van der Waals surface area contributed by atoms with Crippen LogP contribution in [0.15, 0.2) is 79.0 Å². The minimum atomic E-state index is -0.293. The van der Waals surface area contributed by atoms with E-state index in [1.165, 1.54) is 10.9 Å². The second-order valence-electron chi connectivity index (χ2n) is 9.91. The lowest BCUT2D eigenvalue weighted by Crippen LogP contribution is -2.45. The van der Waals surface area contributed by atoms with Gasteiger partial charge in [-0.25, -0.2) is 4.79 Å². The van der Waals surface area contributed by atoms with Crippen molar-refractivity contribution in [3.63, 3.8) is 0 Å². The Hall–Kier alpha value is -4.10. The van der Waals surface area contributed by atoms with Gasteiger partial charge in [-0.2, -0.15) is 0 Å². The number of amides is 3. The van der Waals surface area contributed by atoms with Crippen LogP contribution in [0.2, 0.25) is 0 Å². The highest BCUT2D eigenvalue weighted by molar-refractivity contribution is 5.92. The van der Waals surface area contributed by atoms with Gasteiger partial charge in [0, 0.05) is 56.1 Å². The number of H-pyrrole nitrogens is 1. The number of para-hydroxylation sites is 1. The summed E-state index contributed by atoms with van der Waals surface area (Å²) >= 11 is 0. The molecule has 0 aliphatic rings. The minimum absolute atomic E-state index is 0.0128. The Morgan fingerprint density at radius 3 is 2.44 bits per heavy atom. The van der Waals surface area contributed by atoms with Crippen LogP contribution in [0.25, 0.3) is 10.9 Å². The van der Waals surface area contributed by atoms with E-state index in [0.29, 0.717) is 44.8 Å². The molecule has 39 heavy (non-hydrogen) atoms. The second-order valence-corrected chi connectivity index (χ2v) is 9.91. The Labute approximate surface area is 230 Å². The van der Waals surface area contributed by atoms with E-state index in [2.05, 4.69) is 22.4 Å². The number of hydrogen-bond acceptors (Lipinski definition) is 3. The number of nitrogens with one attached hydrogen (secondary N) is 2. The molecule has 1 heterocycles. The Kier molecular flexibility index (Phi) is 9.75. The summed E-state index contributed by atoms with van der Waals surface area (Å²) in [5.74, 6) is -0.0913. The van der Waals surface area contributed by atoms with Crippen LogP contribution in [0.4, 0.5) is 10.5 Å². The second kappa shape index (κ2) is 13.6. The molecule has 0 radical (unpaired) electrons. The average Bonchev–Trinajstić information content (AvgIpc) is 3.36. The number of aryl methyl sites for hydroxylation is 2. The molecule has 204 valence electrons. The highest BCUT2D eigenvalue weighted by Crippen LogP contribution is 2.19. The number of methoxy groups -OCH3 is 1. The molecular weight excluding hydrogens is 488 g/mol. The summed E-state index contributed by atoms with van der Waals surface area (Å²) in [4.78, 5) is 33.8. The molecule has 0 aliphatic heterocycles. The van der Waals surface area contributed by atoms with Gasteiger partial charge in [-0.3, -0.25) is 4.79 Å². The number of fused-ring (bicyclic) bond motifs is 1. The summed E-state index contributed by atoms with van der Waals surface area (Å²) in [6.45, 7) is 5.98. The third-order valence-corrected chi connectivity index (χ3v) is 7.04. The molecule has 1 aromatic heterocycles. The largest absolute Gasteiger partial charge is 0.385 e. The first-order valence-corrected chi connectivity index (χ1v) is 13.4. The molecule has 3 aromatic carbocycles. The fraction of sp³-hybridized carbons (Fsp3) is 0.312. The van der Waals surface area contributed by atoms with Crippen LogP contribution in [0.3, 0.4) is 0 Å². The summed E-state index contributed by atoms with van der Waals surface area (Å²) in [7, 11) is 1.64. The fourth-order valence-electron chi connectivity index (χ4n) is 4.63. The highest BCUT2D eigenvalue weighted by Gasteiger charge is 2.22. The molecule has 7 heteroatoms. The monoisotopic (exact) mass is 526 g/mol. The molecular formula is C32H38N4O3. The van der Waals surface area contributed by atoms with Crippen LogP contribution < -0.4 is 5.32 Å². The number of benzene rings is 3. The summed E-state index contributed by atoms with van der Waals surface area (Å²) in [5, 5.41) is 4.14. The summed E-state index contributed by atoms with van der Waals surface area (Å²) in [5.41, 5.74) is 6.28. The number of nitrogens with zero attached hydrogens (tertiary/aromatic N) is 2. The minimum Gasteiger partial charge on any atom is -0.385 e. The third kappa shape index (κ3) is 7.71. The standard InChI is InChI=1S/C32H38N4O3/c1-24-14-15-28(20-25(24)2)34-32(38)36(17-9-19-39-3)23-31(37)35(22-26-10-5-4-6-11-26)18-16-27-21-33-30-13-8-7-12-29(27)30/h4-8,10-15,20-21,33H,9,16-19,22-23H2,1-3H3,(H,34,38). The number of hydrogen-bond donors (Lipinski definition) is 2. The molecule has 0 fully saturated rings. The fourth-order valence-corrected chi connectivity index (χ4v) is 4.63. The Morgan fingerprint density at radius 2 is 1.67 bits per heavy atom. The van der Waals surface area contributed by atoms with E-state index < -0.39 is 0 Å². The highest BCUT2D eigenvalue weighted by atomic mass is 16.5. The van der Waals surface area contributed by atoms with Gasteiger partial charge in [0.1, 0.15) is 6.54 Å². The van der Waals surface area contributed by atoms with E-state index in [-0.39, 0.29) is 18.5 Å². The van der Waals surface area contributed by atoms with Crippen LogP contribution in [0.5, 0.6) is 0 Å². The molecule has 0 saturated heterocycles. The molecule has 7 nitrogen and oxygen atoms in total. The first-order valence-electron chi connectivity index (χ1n) is 13.4. The number of urea groups is 1. The number of aromatic amines is 1. The van der Waals surface area contributed by atoms with E-state index in [9.17, 15) is 9.59 Å². The van der Waals surface area contributed by atoms with Gasteiger partial charge >= 0.3 is 6.03 Å². The van der Waals surface area contributed by atoms with Crippen molar-refractivity contribution in [1.29, 1.82) is 0 Å². The van der Waals surface area contributed by atoms with Crippen molar-refractivity contribution in [1.82, 2.24) is 14.8 Å². The normalized spacial score (nSPS) is 10.9. The summed E-state index contributed by atoms with van der Waals surface area (Å²) < 4.78 is 5.21. The van der Waals surface area contributed by atoms with Gasteiger partial charge in [-0.15, -0.1) is 0 Å². The molecule has 0 spiro atoms. The van der Waals surface area contributed by atoms with Crippen molar-refractivity contribution >= 4 is 28.5 Å². The predicted molar refractivity (Wildman–Crippen MR) is 157 cm³/mol. The Balaban J connectivity index is 1.50. The van der Waals surface area contributed by atoms with Crippen LogP contribution in [0.1, 0.15) is 28.7 Å². The zero-order chi connectivity index (χ0) is 27.6. The van der Waals surface area contributed by atoms with Crippen molar-refractivity contribution in [2.24, 2.45) is 0 Å². The van der Waals surface area contributed by atoms with Gasteiger partial charge in [0.2, 0.25) is 5.91 Å². The number of anilines is 1. The molecule has 0 saturated carbocycles. The van der Waals surface area contributed by atoms with Crippen LogP contribution in [-0.2, 0) is 22.5 Å². The number of carbonyl (C=O) groups excluding carboxylic acids is 2. The first kappa shape index (κ1) is 27.9. The zero-order valence-electron chi connectivity index (χ0n) is 23.1. The number of aromatic nitrogens is 1. The maximum absolute atomic E-state index is 13.7. The van der Waals surface area contributed by atoms with E-state index in [0.717, 1.165) is 22.2 Å². The first-order chi connectivity index (χ1) is 18.9. The molecule has 0 aliphatic carbocycles. The molecule has 4 aromatic rings. The molecule has 0 atom stereocenters. The van der Waals surface area contributed by atoms with Crippen LogP contribution in [-0.4, -0.2) is 60.1 Å². The smallest absolute Gasteiger partial charge is 0.322 e. The van der Waals surface area contributed by atoms with E-state index in [4.69, 9.17) is 4.74 Å². The van der Waals surface area contributed by atoms with Crippen molar-refractivity contribution in [3.05, 3.63) is 101 Å². The molecule has 0 unspecified atom stereocenters. The van der Waals surface area contributed by atoms with Gasteiger partial charge in [-0.1, -0.05) is 54.6 Å². The SMILES string of the molecule is COCCCN(CC(=O)N(CCc1c[nH]c2ccccc12)Cc1ccccc1)C(=O)Nc1ccc(C)c(C)c1. The molecule has 4 rings (SSSR count). The van der Waals surface area contributed by atoms with Crippen LogP contribution in [0, 0.1) is 13.8 Å². The van der Waals surface area contributed by atoms with Crippen molar-refractivity contribution in [2.45, 2.75) is 33.2 Å². The zero-order valence-corrected chi connectivity index (χ0v) is 23.1.